The summed E-state index contributed by atoms with van der Waals surface area (Å²) in [5, 5.41) is 15.4. The lowest BCUT2D eigenvalue weighted by molar-refractivity contribution is -0.115. The van der Waals surface area contributed by atoms with Crippen LogP contribution in [0.15, 0.2) is 101 Å². The molecule has 2 heterocycles. The third kappa shape index (κ3) is 6.01. The van der Waals surface area contributed by atoms with Crippen LogP contribution in [0, 0.1) is 11.3 Å². The average Bonchev–Trinajstić information content (AvgIpc) is 3.46. The normalized spacial score (nSPS) is 11.4. The van der Waals surface area contributed by atoms with E-state index in [0.29, 0.717) is 15.7 Å². The standard InChI is InChI=1S/C31H24N4O2S2/c1-20(29(36)35-31-34-28(19-38-31)23-14-9-15-24(16-23)37-2)39-30-26(18-32)25(21-10-5-3-6-11-21)17-27(33-30)22-12-7-4-8-13-22/h3-17,19-20H,1-2H3,(H,34,35,36). The van der Waals surface area contributed by atoms with Gasteiger partial charge in [0.05, 0.1) is 29.3 Å². The maximum absolute atomic E-state index is 13.2. The van der Waals surface area contributed by atoms with Gasteiger partial charge in [0.1, 0.15) is 16.8 Å². The summed E-state index contributed by atoms with van der Waals surface area (Å²) in [6.07, 6.45) is 0. The number of benzene rings is 3. The molecule has 6 nitrogen and oxygen atoms in total. The van der Waals surface area contributed by atoms with E-state index in [0.717, 1.165) is 39.4 Å². The van der Waals surface area contributed by atoms with E-state index in [2.05, 4.69) is 16.4 Å². The minimum atomic E-state index is -0.525. The predicted octanol–water partition coefficient (Wildman–Crippen LogP) is 7.54. The van der Waals surface area contributed by atoms with Crippen LogP contribution in [0.5, 0.6) is 5.75 Å². The van der Waals surface area contributed by atoms with Gasteiger partial charge in [-0.05, 0) is 30.7 Å². The summed E-state index contributed by atoms with van der Waals surface area (Å²) in [5.74, 6) is 0.521. The number of thioether (sulfide) groups is 1. The second-order valence-corrected chi connectivity index (χ2v) is 10.8. The number of pyridine rings is 1. The first-order valence-corrected chi connectivity index (χ1v) is 13.9. The molecule has 1 unspecified atom stereocenters. The zero-order chi connectivity index (χ0) is 27.2. The summed E-state index contributed by atoms with van der Waals surface area (Å²) in [4.78, 5) is 22.6. The van der Waals surface area contributed by atoms with Gasteiger partial charge in [-0.15, -0.1) is 11.3 Å². The molecule has 3 aromatic carbocycles. The van der Waals surface area contributed by atoms with Crippen LogP contribution in [0.1, 0.15) is 12.5 Å². The zero-order valence-corrected chi connectivity index (χ0v) is 22.9. The molecule has 0 saturated carbocycles. The van der Waals surface area contributed by atoms with Crippen molar-refractivity contribution in [2.75, 3.05) is 12.4 Å². The highest BCUT2D eigenvalue weighted by Gasteiger charge is 2.22. The van der Waals surface area contributed by atoms with Gasteiger partial charge < -0.3 is 10.1 Å². The average molecular weight is 549 g/mol. The number of ether oxygens (including phenoxy) is 1. The van der Waals surface area contributed by atoms with Crippen LogP contribution in [0.3, 0.4) is 0 Å². The molecule has 0 saturated heterocycles. The molecular weight excluding hydrogens is 525 g/mol. The Morgan fingerprint density at radius 2 is 1.62 bits per heavy atom. The molecule has 0 aliphatic heterocycles. The third-order valence-electron chi connectivity index (χ3n) is 6.01. The SMILES string of the molecule is COc1cccc(-c2csc(NC(=O)C(C)Sc3nc(-c4ccccc4)cc(-c4ccccc4)c3C#N)n2)c1. The van der Waals surface area contributed by atoms with E-state index in [4.69, 9.17) is 9.72 Å². The fraction of sp³-hybridized carbons (Fsp3) is 0.0968. The number of methoxy groups -OCH3 is 1. The number of hydrogen-bond acceptors (Lipinski definition) is 7. The molecule has 1 amide bonds. The van der Waals surface area contributed by atoms with Gasteiger partial charge in [0, 0.05) is 22.1 Å². The van der Waals surface area contributed by atoms with Crippen LogP contribution in [-0.2, 0) is 4.79 Å². The minimum absolute atomic E-state index is 0.219. The minimum Gasteiger partial charge on any atom is -0.497 e. The van der Waals surface area contributed by atoms with E-state index >= 15 is 0 Å². The van der Waals surface area contributed by atoms with Crippen molar-refractivity contribution in [1.82, 2.24) is 9.97 Å². The number of hydrogen-bond donors (Lipinski definition) is 1. The first-order chi connectivity index (χ1) is 19.1. The quantitative estimate of drug-likeness (QED) is 0.202. The maximum Gasteiger partial charge on any atom is 0.239 e. The fourth-order valence-electron chi connectivity index (χ4n) is 3.99. The highest BCUT2D eigenvalue weighted by atomic mass is 32.2. The number of carbonyl (C=O) groups is 1. The lowest BCUT2D eigenvalue weighted by Crippen LogP contribution is -2.22. The summed E-state index contributed by atoms with van der Waals surface area (Å²) in [5.41, 5.74) is 5.48. The molecule has 1 N–H and O–H groups in total. The molecule has 2 aromatic heterocycles. The molecule has 5 rings (SSSR count). The van der Waals surface area contributed by atoms with Crippen LogP contribution in [0.25, 0.3) is 33.6 Å². The monoisotopic (exact) mass is 548 g/mol. The Hall–Kier alpha value is -4.45. The number of aromatic nitrogens is 2. The molecule has 8 heteroatoms. The highest BCUT2D eigenvalue weighted by Crippen LogP contribution is 2.36. The van der Waals surface area contributed by atoms with Gasteiger partial charge in [-0.1, -0.05) is 84.6 Å². The van der Waals surface area contributed by atoms with Crippen LogP contribution in [-0.4, -0.2) is 28.2 Å². The van der Waals surface area contributed by atoms with E-state index in [9.17, 15) is 10.1 Å². The summed E-state index contributed by atoms with van der Waals surface area (Å²) in [6, 6.07) is 31.5. The summed E-state index contributed by atoms with van der Waals surface area (Å²) in [7, 11) is 1.62. The lowest BCUT2D eigenvalue weighted by atomic mass is 9.99. The number of thiazole rings is 1. The van der Waals surface area contributed by atoms with Crippen molar-refractivity contribution < 1.29 is 9.53 Å². The molecule has 0 aliphatic rings. The van der Waals surface area contributed by atoms with E-state index in [1.54, 1.807) is 14.0 Å². The van der Waals surface area contributed by atoms with Gasteiger partial charge >= 0.3 is 0 Å². The van der Waals surface area contributed by atoms with Gasteiger partial charge in [-0.3, -0.25) is 4.79 Å². The molecule has 5 aromatic rings. The first kappa shape index (κ1) is 26.2. The Morgan fingerprint density at radius 1 is 0.923 bits per heavy atom. The van der Waals surface area contributed by atoms with E-state index < -0.39 is 5.25 Å². The van der Waals surface area contributed by atoms with Crippen LogP contribution >= 0.6 is 23.1 Å². The Kier molecular flexibility index (Phi) is 8.02. The number of nitrogens with one attached hydrogen (secondary N) is 1. The Balaban J connectivity index is 1.41. The van der Waals surface area contributed by atoms with Crippen molar-refractivity contribution in [3.8, 4) is 45.5 Å². The second-order valence-electron chi connectivity index (χ2n) is 8.60. The number of carbonyl (C=O) groups excluding carboxylic acids is 1. The Bertz CT molecular complexity index is 1650. The van der Waals surface area contributed by atoms with Crippen LogP contribution in [0.4, 0.5) is 5.13 Å². The molecule has 1 atom stereocenters. The number of nitrogens with zero attached hydrogens (tertiary/aromatic N) is 3. The van der Waals surface area contributed by atoms with Gasteiger partial charge in [-0.2, -0.15) is 5.26 Å². The topological polar surface area (TPSA) is 87.9 Å². The highest BCUT2D eigenvalue weighted by molar-refractivity contribution is 8.00. The van der Waals surface area contributed by atoms with Gasteiger partial charge in [-0.25, -0.2) is 9.97 Å². The molecule has 192 valence electrons. The van der Waals surface area contributed by atoms with Crippen LogP contribution in [0.2, 0.25) is 0 Å². The van der Waals surface area contributed by atoms with Crippen LogP contribution < -0.4 is 10.1 Å². The van der Waals surface area contributed by atoms with Crippen molar-refractivity contribution in [3.63, 3.8) is 0 Å². The number of anilines is 1. The number of amides is 1. The zero-order valence-electron chi connectivity index (χ0n) is 21.3. The van der Waals surface area contributed by atoms with E-state index in [-0.39, 0.29) is 5.91 Å². The summed E-state index contributed by atoms with van der Waals surface area (Å²) in [6.45, 7) is 1.80. The predicted molar refractivity (Wildman–Crippen MR) is 158 cm³/mol. The second kappa shape index (κ2) is 11.9. The van der Waals surface area contributed by atoms with Crippen molar-refractivity contribution in [1.29, 1.82) is 5.26 Å². The summed E-state index contributed by atoms with van der Waals surface area (Å²) < 4.78 is 5.30. The smallest absolute Gasteiger partial charge is 0.239 e. The van der Waals surface area contributed by atoms with E-state index in [1.165, 1.54) is 23.1 Å². The van der Waals surface area contributed by atoms with Gasteiger partial charge in [0.2, 0.25) is 5.91 Å². The number of nitriles is 1. The van der Waals surface area contributed by atoms with Gasteiger partial charge in [0.15, 0.2) is 5.13 Å². The molecule has 0 fully saturated rings. The molecule has 0 radical (unpaired) electrons. The van der Waals surface area contributed by atoms with Crippen molar-refractivity contribution in [3.05, 3.63) is 102 Å². The lowest BCUT2D eigenvalue weighted by Gasteiger charge is -2.15. The maximum atomic E-state index is 13.2. The molecule has 39 heavy (non-hydrogen) atoms. The summed E-state index contributed by atoms with van der Waals surface area (Å²) >= 11 is 2.62. The van der Waals surface area contributed by atoms with Crippen molar-refractivity contribution in [2.45, 2.75) is 17.2 Å². The fourth-order valence-corrected chi connectivity index (χ4v) is 5.64. The van der Waals surface area contributed by atoms with Crippen molar-refractivity contribution >= 4 is 34.1 Å². The molecule has 0 spiro atoms. The molecular formula is C31H24N4O2S2. The van der Waals surface area contributed by atoms with Gasteiger partial charge in [0.25, 0.3) is 0 Å². The largest absolute Gasteiger partial charge is 0.497 e. The van der Waals surface area contributed by atoms with E-state index in [1.807, 2.05) is 96.4 Å². The Labute approximate surface area is 235 Å². The van der Waals surface area contributed by atoms with Crippen molar-refractivity contribution in [2.24, 2.45) is 0 Å². The molecule has 0 bridgehead atoms. The Morgan fingerprint density at radius 3 is 2.31 bits per heavy atom. The first-order valence-electron chi connectivity index (χ1n) is 12.2. The number of rotatable bonds is 8. The third-order valence-corrected chi connectivity index (χ3v) is 7.85. The molecule has 0 aliphatic carbocycles.